The van der Waals surface area contributed by atoms with Crippen LogP contribution in [-0.2, 0) is 11.2 Å². The normalized spacial score (nSPS) is 32.1. The van der Waals surface area contributed by atoms with E-state index in [4.69, 9.17) is 9.73 Å². The number of rotatable bonds is 2. The minimum Gasteiger partial charge on any atom is -0.474 e. The van der Waals surface area contributed by atoms with Crippen LogP contribution in [0.4, 0.5) is 0 Å². The SMILES string of the molecule is CC[C@@]12C=C(C3=N[C@@H](C)CO3)n3c4c(c5ccccc53)CCN(CCC1)[C@H]42. The Hall–Kier alpha value is -2.07. The molecular weight excluding hydrogens is 334 g/mol. The summed E-state index contributed by atoms with van der Waals surface area (Å²) in [5.41, 5.74) is 5.79. The van der Waals surface area contributed by atoms with Crippen molar-refractivity contribution < 1.29 is 4.74 Å². The van der Waals surface area contributed by atoms with Gasteiger partial charge in [-0.25, -0.2) is 4.99 Å². The van der Waals surface area contributed by atoms with E-state index in [0.717, 1.165) is 12.3 Å². The molecule has 2 aromatic rings. The Bertz CT molecular complexity index is 1000. The van der Waals surface area contributed by atoms with Crippen LogP contribution in [-0.4, -0.2) is 41.1 Å². The topological polar surface area (TPSA) is 29.8 Å². The van der Waals surface area contributed by atoms with Crippen molar-refractivity contribution >= 4 is 22.5 Å². The highest BCUT2D eigenvalue weighted by Crippen LogP contribution is 2.57. The molecule has 4 heteroatoms. The van der Waals surface area contributed by atoms with Crippen molar-refractivity contribution in [2.45, 2.75) is 51.6 Å². The van der Waals surface area contributed by atoms with Crippen LogP contribution in [0.15, 0.2) is 35.3 Å². The van der Waals surface area contributed by atoms with Crippen molar-refractivity contribution in [3.05, 3.63) is 41.6 Å². The van der Waals surface area contributed by atoms with E-state index in [-0.39, 0.29) is 11.5 Å². The Morgan fingerprint density at radius 2 is 2.15 bits per heavy atom. The first kappa shape index (κ1) is 15.9. The number of fused-ring (bicyclic) bond motifs is 3. The molecule has 140 valence electrons. The number of nitrogens with zero attached hydrogens (tertiary/aromatic N) is 3. The maximum Gasteiger partial charge on any atom is 0.233 e. The summed E-state index contributed by atoms with van der Waals surface area (Å²) in [6.07, 6.45) is 7.40. The van der Waals surface area contributed by atoms with Crippen molar-refractivity contribution in [1.82, 2.24) is 9.47 Å². The van der Waals surface area contributed by atoms with E-state index in [0.29, 0.717) is 12.6 Å². The minimum atomic E-state index is 0.199. The molecule has 6 rings (SSSR count). The highest BCUT2D eigenvalue weighted by atomic mass is 16.5. The molecule has 0 N–H and O–H groups in total. The molecule has 1 fully saturated rings. The second-order valence-corrected chi connectivity index (χ2v) is 8.72. The molecule has 4 nitrogen and oxygen atoms in total. The van der Waals surface area contributed by atoms with Crippen LogP contribution in [0.2, 0.25) is 0 Å². The van der Waals surface area contributed by atoms with Gasteiger partial charge in [-0.05, 0) is 56.9 Å². The Morgan fingerprint density at radius 1 is 1.26 bits per heavy atom. The van der Waals surface area contributed by atoms with Crippen molar-refractivity contribution in [3.63, 3.8) is 0 Å². The van der Waals surface area contributed by atoms with E-state index in [1.54, 1.807) is 5.56 Å². The third-order valence-corrected chi connectivity index (χ3v) is 7.27. The fraction of sp³-hybridized carbons (Fsp3) is 0.522. The summed E-state index contributed by atoms with van der Waals surface area (Å²) in [4.78, 5) is 7.61. The summed E-state index contributed by atoms with van der Waals surface area (Å²) >= 11 is 0. The lowest BCUT2D eigenvalue weighted by Gasteiger charge is -2.53. The molecule has 0 amide bonds. The van der Waals surface area contributed by atoms with Gasteiger partial charge in [0.25, 0.3) is 0 Å². The lowest BCUT2D eigenvalue weighted by molar-refractivity contribution is 0.0272. The number of benzene rings is 1. The highest BCUT2D eigenvalue weighted by Gasteiger charge is 2.51. The fourth-order valence-corrected chi connectivity index (χ4v) is 6.05. The molecule has 5 heterocycles. The standard InChI is InChI=1S/C23H27N3O/c1-3-23-10-6-11-25-12-9-17-16-7-4-5-8-18(16)26(20(17)21(23)25)19(13-23)22-24-15(2)14-27-22/h4-5,7-8,13,15,21H,3,6,9-12,14H2,1-2H3/t15-,21+,23-/m0/s1. The van der Waals surface area contributed by atoms with Gasteiger partial charge in [0.1, 0.15) is 12.3 Å². The lowest BCUT2D eigenvalue weighted by atomic mass is 9.66. The molecule has 4 aliphatic heterocycles. The van der Waals surface area contributed by atoms with Gasteiger partial charge in [0.05, 0.1) is 17.6 Å². The molecule has 0 unspecified atom stereocenters. The molecule has 0 radical (unpaired) electrons. The summed E-state index contributed by atoms with van der Waals surface area (Å²) in [7, 11) is 0. The Balaban J connectivity index is 1.70. The first-order chi connectivity index (χ1) is 13.2. The minimum absolute atomic E-state index is 0.199. The number of piperidine rings is 1. The molecule has 4 aliphatic rings. The smallest absolute Gasteiger partial charge is 0.233 e. The van der Waals surface area contributed by atoms with E-state index >= 15 is 0 Å². The molecule has 1 aromatic heterocycles. The number of hydrogen-bond acceptors (Lipinski definition) is 3. The Kier molecular flexibility index (Phi) is 3.23. The molecule has 0 saturated carbocycles. The number of para-hydroxylation sites is 1. The van der Waals surface area contributed by atoms with Gasteiger partial charge in [0.2, 0.25) is 5.90 Å². The second-order valence-electron chi connectivity index (χ2n) is 8.72. The van der Waals surface area contributed by atoms with Gasteiger partial charge in [-0.15, -0.1) is 0 Å². The quantitative estimate of drug-likeness (QED) is 0.793. The predicted octanol–water partition coefficient (Wildman–Crippen LogP) is 4.40. The number of aromatic nitrogens is 1. The van der Waals surface area contributed by atoms with Crippen molar-refractivity contribution in [2.24, 2.45) is 10.4 Å². The molecule has 3 atom stereocenters. The summed E-state index contributed by atoms with van der Waals surface area (Å²) in [5, 5.41) is 1.42. The van der Waals surface area contributed by atoms with Gasteiger partial charge in [-0.1, -0.05) is 25.1 Å². The largest absolute Gasteiger partial charge is 0.474 e. The Morgan fingerprint density at radius 3 is 2.96 bits per heavy atom. The maximum absolute atomic E-state index is 6.08. The average Bonchev–Trinajstić information content (AvgIpc) is 3.28. The van der Waals surface area contributed by atoms with Gasteiger partial charge < -0.3 is 9.30 Å². The molecule has 0 aliphatic carbocycles. The fourth-order valence-electron chi connectivity index (χ4n) is 6.05. The van der Waals surface area contributed by atoms with E-state index in [1.807, 2.05) is 0 Å². The summed E-state index contributed by atoms with van der Waals surface area (Å²) < 4.78 is 8.58. The molecule has 1 aromatic carbocycles. The molecular formula is C23H27N3O. The molecule has 27 heavy (non-hydrogen) atoms. The zero-order chi connectivity index (χ0) is 18.2. The average molecular weight is 361 g/mol. The molecule has 0 spiro atoms. The van der Waals surface area contributed by atoms with Crippen LogP contribution in [0.3, 0.4) is 0 Å². The van der Waals surface area contributed by atoms with Crippen LogP contribution in [0.25, 0.3) is 16.6 Å². The number of hydrogen-bond donors (Lipinski definition) is 0. The summed E-state index contributed by atoms with van der Waals surface area (Å²) in [5.74, 6) is 0.847. The first-order valence-electron chi connectivity index (χ1n) is 10.5. The third kappa shape index (κ3) is 2.00. The van der Waals surface area contributed by atoms with E-state index in [9.17, 15) is 0 Å². The van der Waals surface area contributed by atoms with Gasteiger partial charge in [0.15, 0.2) is 0 Å². The predicted molar refractivity (Wildman–Crippen MR) is 109 cm³/mol. The van der Waals surface area contributed by atoms with Gasteiger partial charge >= 0.3 is 0 Å². The maximum atomic E-state index is 6.08. The van der Waals surface area contributed by atoms with Crippen molar-refractivity contribution in [2.75, 3.05) is 19.7 Å². The Labute approximate surface area is 160 Å². The second kappa shape index (κ2) is 5.48. The van der Waals surface area contributed by atoms with Crippen LogP contribution in [0.5, 0.6) is 0 Å². The third-order valence-electron chi connectivity index (χ3n) is 7.27. The van der Waals surface area contributed by atoms with Gasteiger partial charge in [-0.3, -0.25) is 4.90 Å². The summed E-state index contributed by atoms with van der Waals surface area (Å²) in [6, 6.07) is 9.66. The van der Waals surface area contributed by atoms with Crippen LogP contribution >= 0.6 is 0 Å². The zero-order valence-corrected chi connectivity index (χ0v) is 16.2. The summed E-state index contributed by atoms with van der Waals surface area (Å²) in [6.45, 7) is 7.61. The number of ether oxygens (including phenoxy) is 1. The zero-order valence-electron chi connectivity index (χ0n) is 16.2. The highest BCUT2D eigenvalue weighted by molar-refractivity contribution is 6.17. The molecule has 1 saturated heterocycles. The first-order valence-corrected chi connectivity index (χ1v) is 10.5. The molecule has 0 bridgehead atoms. The lowest BCUT2D eigenvalue weighted by Crippen LogP contribution is -2.51. The van der Waals surface area contributed by atoms with Crippen molar-refractivity contribution in [1.29, 1.82) is 0 Å². The van der Waals surface area contributed by atoms with E-state index in [1.165, 1.54) is 54.6 Å². The van der Waals surface area contributed by atoms with Gasteiger partial charge in [-0.2, -0.15) is 0 Å². The van der Waals surface area contributed by atoms with E-state index in [2.05, 4.69) is 53.7 Å². The van der Waals surface area contributed by atoms with Crippen molar-refractivity contribution in [3.8, 4) is 0 Å². The number of aliphatic imine (C=N–C) groups is 1. The van der Waals surface area contributed by atoms with Crippen LogP contribution in [0.1, 0.15) is 50.4 Å². The van der Waals surface area contributed by atoms with Crippen LogP contribution < -0.4 is 0 Å². The van der Waals surface area contributed by atoms with E-state index < -0.39 is 0 Å². The monoisotopic (exact) mass is 361 g/mol. The van der Waals surface area contributed by atoms with Crippen LogP contribution in [0, 0.1) is 5.41 Å². The van der Waals surface area contributed by atoms with Gasteiger partial charge in [0, 0.05) is 23.0 Å².